The van der Waals surface area contributed by atoms with E-state index >= 15 is 0 Å². The maximum Gasteiger partial charge on any atom is 0.260 e. The molecule has 30 heavy (non-hydrogen) atoms. The van der Waals surface area contributed by atoms with Gasteiger partial charge in [0.2, 0.25) is 0 Å². The predicted octanol–water partition coefficient (Wildman–Crippen LogP) is 3.41. The van der Waals surface area contributed by atoms with Crippen LogP contribution >= 0.6 is 12.2 Å². The van der Waals surface area contributed by atoms with Crippen LogP contribution in [0.1, 0.15) is 25.3 Å². The number of hydrogen-bond donors (Lipinski definition) is 2. The number of anilines is 1. The van der Waals surface area contributed by atoms with Gasteiger partial charge in [0, 0.05) is 18.8 Å². The Morgan fingerprint density at radius 3 is 2.33 bits per heavy atom. The van der Waals surface area contributed by atoms with Crippen LogP contribution in [0.15, 0.2) is 53.6 Å². The number of rotatable bonds is 7. The Morgan fingerprint density at radius 2 is 1.70 bits per heavy atom. The third-order valence-electron chi connectivity index (χ3n) is 4.77. The molecule has 0 saturated carbocycles. The van der Waals surface area contributed by atoms with E-state index in [1.807, 2.05) is 60.4 Å². The van der Waals surface area contributed by atoms with Crippen molar-refractivity contribution in [2.45, 2.75) is 19.8 Å². The quantitative estimate of drug-likeness (QED) is 0.402. The number of hydrazone groups is 1. The molecule has 158 valence electrons. The Labute approximate surface area is 182 Å². The number of nitrogens with zero attached hydrogens (tertiary/aromatic N) is 2. The number of hydrogen-bond acceptors (Lipinski definition) is 5. The second-order valence-corrected chi connectivity index (χ2v) is 7.30. The molecule has 1 aliphatic heterocycles. The van der Waals surface area contributed by atoms with Crippen molar-refractivity contribution < 1.29 is 14.3 Å². The van der Waals surface area contributed by atoms with E-state index < -0.39 is 0 Å². The van der Waals surface area contributed by atoms with Crippen LogP contribution in [0, 0.1) is 0 Å². The second kappa shape index (κ2) is 10.6. The number of carbonyl (C=O) groups excluding carboxylic acids is 1. The topological polar surface area (TPSA) is 75.2 Å². The van der Waals surface area contributed by atoms with E-state index in [-0.39, 0.29) is 12.5 Å². The van der Waals surface area contributed by atoms with Gasteiger partial charge >= 0.3 is 0 Å². The molecule has 1 saturated heterocycles. The Kier molecular flexibility index (Phi) is 7.62. The summed E-state index contributed by atoms with van der Waals surface area (Å²) in [5.74, 6) is 1.47. The molecule has 0 bridgehead atoms. The van der Waals surface area contributed by atoms with Crippen molar-refractivity contribution in [3.8, 4) is 11.5 Å². The molecule has 2 aromatic carbocycles. The van der Waals surface area contributed by atoms with Crippen LogP contribution in [0.4, 0.5) is 5.69 Å². The van der Waals surface area contributed by atoms with Crippen molar-refractivity contribution in [3.63, 3.8) is 0 Å². The van der Waals surface area contributed by atoms with E-state index in [1.54, 1.807) is 7.11 Å². The van der Waals surface area contributed by atoms with E-state index in [2.05, 4.69) is 15.8 Å². The standard InChI is InChI=1S/C22H26N4O3S/c1-16(24-25-22(30)23-18-7-11-19(28-2)12-8-18)17-5-9-20(10-6-17)29-15-21(27)26-13-3-4-14-26/h5-12H,3-4,13-15H2,1-2H3,(H2,23,25,30)/b24-16+. The highest BCUT2D eigenvalue weighted by Gasteiger charge is 2.18. The normalized spacial score (nSPS) is 13.7. The molecule has 1 heterocycles. The average molecular weight is 427 g/mol. The Bertz CT molecular complexity index is 892. The minimum atomic E-state index is 0.0383. The molecule has 1 amide bonds. The summed E-state index contributed by atoms with van der Waals surface area (Å²) in [6.07, 6.45) is 2.15. The first-order valence-corrected chi connectivity index (χ1v) is 10.2. The lowest BCUT2D eigenvalue weighted by Crippen LogP contribution is -2.32. The van der Waals surface area contributed by atoms with Crippen LogP contribution < -0.4 is 20.2 Å². The summed E-state index contributed by atoms with van der Waals surface area (Å²) in [6, 6.07) is 14.9. The fraction of sp³-hybridized carbons (Fsp3) is 0.318. The Balaban J connectivity index is 1.47. The maximum atomic E-state index is 12.1. The van der Waals surface area contributed by atoms with Crippen molar-refractivity contribution >= 4 is 34.6 Å². The highest BCUT2D eigenvalue weighted by molar-refractivity contribution is 7.80. The summed E-state index contributed by atoms with van der Waals surface area (Å²) in [5.41, 5.74) is 5.37. The molecule has 7 nitrogen and oxygen atoms in total. The zero-order valence-electron chi connectivity index (χ0n) is 17.2. The van der Waals surface area contributed by atoms with Gasteiger partial charge in [-0.3, -0.25) is 10.2 Å². The number of carbonyl (C=O) groups is 1. The summed E-state index contributed by atoms with van der Waals surface area (Å²) >= 11 is 5.27. The van der Waals surface area contributed by atoms with Crippen molar-refractivity contribution in [3.05, 3.63) is 54.1 Å². The van der Waals surface area contributed by atoms with E-state index in [0.29, 0.717) is 10.9 Å². The first-order valence-electron chi connectivity index (χ1n) is 9.81. The molecule has 0 radical (unpaired) electrons. The number of nitrogens with one attached hydrogen (secondary N) is 2. The van der Waals surface area contributed by atoms with Crippen molar-refractivity contribution in [2.75, 3.05) is 32.1 Å². The zero-order chi connectivity index (χ0) is 21.3. The van der Waals surface area contributed by atoms with Gasteiger partial charge in [-0.05, 0) is 86.1 Å². The van der Waals surface area contributed by atoms with E-state index in [9.17, 15) is 4.79 Å². The van der Waals surface area contributed by atoms with Crippen LogP contribution in [0.3, 0.4) is 0 Å². The minimum Gasteiger partial charge on any atom is -0.497 e. The highest BCUT2D eigenvalue weighted by Crippen LogP contribution is 2.16. The van der Waals surface area contributed by atoms with Crippen molar-refractivity contribution in [1.29, 1.82) is 0 Å². The molecule has 0 unspecified atom stereocenters. The average Bonchev–Trinajstić information content (AvgIpc) is 3.32. The number of benzene rings is 2. The summed E-state index contributed by atoms with van der Waals surface area (Å²) in [5, 5.41) is 7.77. The minimum absolute atomic E-state index is 0.0383. The lowest BCUT2D eigenvalue weighted by molar-refractivity contribution is -0.132. The number of ether oxygens (including phenoxy) is 2. The van der Waals surface area contributed by atoms with Gasteiger partial charge in [-0.1, -0.05) is 0 Å². The van der Waals surface area contributed by atoms with Gasteiger partial charge in [-0.15, -0.1) is 0 Å². The third-order valence-corrected chi connectivity index (χ3v) is 4.96. The van der Waals surface area contributed by atoms with Crippen molar-refractivity contribution in [1.82, 2.24) is 10.3 Å². The van der Waals surface area contributed by atoms with Gasteiger partial charge in [-0.25, -0.2) is 0 Å². The molecular formula is C22H26N4O3S. The van der Waals surface area contributed by atoms with Crippen LogP contribution in [-0.4, -0.2) is 48.4 Å². The van der Waals surface area contributed by atoms with E-state index in [0.717, 1.165) is 48.6 Å². The van der Waals surface area contributed by atoms with Crippen LogP contribution in [-0.2, 0) is 4.79 Å². The third kappa shape index (κ3) is 6.18. The predicted molar refractivity (Wildman–Crippen MR) is 122 cm³/mol. The second-order valence-electron chi connectivity index (χ2n) is 6.89. The summed E-state index contributed by atoms with van der Waals surface area (Å²) in [7, 11) is 1.62. The Hall–Kier alpha value is -3.13. The monoisotopic (exact) mass is 426 g/mol. The molecular weight excluding hydrogens is 400 g/mol. The number of amides is 1. The van der Waals surface area contributed by atoms with Gasteiger partial charge in [0.1, 0.15) is 11.5 Å². The molecule has 1 fully saturated rings. The summed E-state index contributed by atoms with van der Waals surface area (Å²) < 4.78 is 10.7. The largest absolute Gasteiger partial charge is 0.497 e. The number of thiocarbonyl (C=S) groups is 1. The fourth-order valence-corrected chi connectivity index (χ4v) is 3.19. The van der Waals surface area contributed by atoms with E-state index in [1.165, 1.54) is 0 Å². The molecule has 0 spiro atoms. The van der Waals surface area contributed by atoms with Gasteiger partial charge < -0.3 is 19.7 Å². The smallest absolute Gasteiger partial charge is 0.260 e. The van der Waals surface area contributed by atoms with Crippen LogP contribution in [0.2, 0.25) is 0 Å². The van der Waals surface area contributed by atoms with Gasteiger partial charge in [0.05, 0.1) is 12.8 Å². The van der Waals surface area contributed by atoms with Crippen LogP contribution in [0.5, 0.6) is 11.5 Å². The summed E-state index contributed by atoms with van der Waals surface area (Å²) in [4.78, 5) is 13.9. The molecule has 3 rings (SSSR count). The molecule has 2 N–H and O–H groups in total. The molecule has 0 atom stereocenters. The Morgan fingerprint density at radius 1 is 1.07 bits per heavy atom. The van der Waals surface area contributed by atoms with Gasteiger partial charge in [0.25, 0.3) is 5.91 Å². The van der Waals surface area contributed by atoms with Gasteiger partial charge in [0.15, 0.2) is 11.7 Å². The lowest BCUT2D eigenvalue weighted by atomic mass is 10.1. The summed E-state index contributed by atoms with van der Waals surface area (Å²) in [6.45, 7) is 3.62. The fourth-order valence-electron chi connectivity index (χ4n) is 3.03. The van der Waals surface area contributed by atoms with Gasteiger partial charge in [-0.2, -0.15) is 5.10 Å². The number of likely N-dealkylation sites (tertiary alicyclic amines) is 1. The van der Waals surface area contributed by atoms with Crippen LogP contribution in [0.25, 0.3) is 0 Å². The number of methoxy groups -OCH3 is 1. The highest BCUT2D eigenvalue weighted by atomic mass is 32.1. The zero-order valence-corrected chi connectivity index (χ0v) is 18.0. The first-order chi connectivity index (χ1) is 14.5. The first kappa shape index (κ1) is 21.6. The lowest BCUT2D eigenvalue weighted by Gasteiger charge is -2.15. The van der Waals surface area contributed by atoms with Crippen molar-refractivity contribution in [2.24, 2.45) is 5.10 Å². The van der Waals surface area contributed by atoms with E-state index in [4.69, 9.17) is 21.7 Å². The molecule has 2 aromatic rings. The molecule has 1 aliphatic rings. The molecule has 0 aromatic heterocycles. The molecule has 0 aliphatic carbocycles. The maximum absolute atomic E-state index is 12.1. The SMILES string of the molecule is COc1ccc(NC(=S)N/N=C(\C)c2ccc(OCC(=O)N3CCCC3)cc2)cc1. The molecule has 8 heteroatoms.